The molecule has 0 saturated heterocycles. The average molecular weight is 638 g/mol. The van der Waals surface area contributed by atoms with Gasteiger partial charge in [0.1, 0.15) is 11.3 Å². The van der Waals surface area contributed by atoms with Crippen LogP contribution in [0.15, 0.2) is 192 Å². The van der Waals surface area contributed by atoms with E-state index in [4.69, 9.17) is 4.42 Å². The summed E-state index contributed by atoms with van der Waals surface area (Å²) in [5.41, 5.74) is 7.67. The Hall–Kier alpha value is -6.64. The maximum Gasteiger partial charge on any atom is 0.135 e. The Balaban J connectivity index is 1.16. The first-order valence-electron chi connectivity index (χ1n) is 17.1. The number of hydrogen-bond donors (Lipinski definition) is 0. The van der Waals surface area contributed by atoms with E-state index < -0.39 is 0 Å². The average Bonchev–Trinajstić information content (AvgIpc) is 3.63. The normalized spacial score (nSPS) is 11.6. The van der Waals surface area contributed by atoms with Crippen molar-refractivity contribution in [1.82, 2.24) is 0 Å². The summed E-state index contributed by atoms with van der Waals surface area (Å²) in [5, 5.41) is 10.9. The topological polar surface area (TPSA) is 16.4 Å². The number of hydrogen-bond acceptors (Lipinski definition) is 2. The Kier molecular flexibility index (Phi) is 6.53. The van der Waals surface area contributed by atoms with Crippen LogP contribution in [-0.2, 0) is 0 Å². The molecule has 0 fully saturated rings. The van der Waals surface area contributed by atoms with Gasteiger partial charge in [0.05, 0.1) is 5.69 Å². The highest BCUT2D eigenvalue weighted by Crippen LogP contribution is 2.44. The van der Waals surface area contributed by atoms with Gasteiger partial charge in [0.25, 0.3) is 0 Å². The van der Waals surface area contributed by atoms with Gasteiger partial charge in [0, 0.05) is 27.7 Å². The second kappa shape index (κ2) is 11.5. The van der Waals surface area contributed by atoms with Gasteiger partial charge >= 0.3 is 0 Å². The third-order valence-corrected chi connectivity index (χ3v) is 10.0. The van der Waals surface area contributed by atoms with Crippen molar-refractivity contribution in [3.05, 3.63) is 188 Å². The molecule has 1 aromatic heterocycles. The molecule has 0 bridgehead atoms. The number of benzene rings is 9. The Labute approximate surface area is 290 Å². The fourth-order valence-electron chi connectivity index (χ4n) is 7.58. The van der Waals surface area contributed by atoms with E-state index in [1.165, 1.54) is 48.7 Å². The summed E-state index contributed by atoms with van der Waals surface area (Å²) in [7, 11) is 0. The van der Waals surface area contributed by atoms with Crippen LogP contribution in [-0.4, -0.2) is 0 Å². The molecule has 9 aromatic carbocycles. The number of para-hydroxylation sites is 1. The zero-order valence-electron chi connectivity index (χ0n) is 27.3. The minimum Gasteiger partial charge on any atom is -0.456 e. The maximum atomic E-state index is 6.26. The Morgan fingerprint density at radius 1 is 0.340 bits per heavy atom. The zero-order valence-corrected chi connectivity index (χ0v) is 27.3. The summed E-state index contributed by atoms with van der Waals surface area (Å²) in [6, 6.07) is 67.7. The summed E-state index contributed by atoms with van der Waals surface area (Å²) in [4.78, 5) is 2.41. The van der Waals surface area contributed by atoms with Crippen molar-refractivity contribution in [3.63, 3.8) is 0 Å². The summed E-state index contributed by atoms with van der Waals surface area (Å²) < 4.78 is 6.26. The van der Waals surface area contributed by atoms with Gasteiger partial charge in [-0.25, -0.2) is 0 Å². The van der Waals surface area contributed by atoms with Crippen LogP contribution in [0.2, 0.25) is 0 Å². The smallest absolute Gasteiger partial charge is 0.135 e. The monoisotopic (exact) mass is 637 g/mol. The van der Waals surface area contributed by atoms with Crippen molar-refractivity contribution in [2.45, 2.75) is 0 Å². The van der Waals surface area contributed by atoms with E-state index in [1.807, 2.05) is 18.2 Å². The highest BCUT2D eigenvalue weighted by atomic mass is 16.3. The molecule has 0 amide bonds. The summed E-state index contributed by atoms with van der Waals surface area (Å²) in [6.45, 7) is 0. The van der Waals surface area contributed by atoms with E-state index in [2.05, 4.69) is 175 Å². The molecule has 2 nitrogen and oxygen atoms in total. The molecule has 0 N–H and O–H groups in total. The molecule has 10 rings (SSSR count). The van der Waals surface area contributed by atoms with Crippen molar-refractivity contribution in [3.8, 4) is 22.5 Å². The molecule has 0 spiro atoms. The molecule has 50 heavy (non-hydrogen) atoms. The molecule has 0 aliphatic heterocycles. The van der Waals surface area contributed by atoms with Crippen LogP contribution in [0.4, 0.5) is 17.1 Å². The van der Waals surface area contributed by atoms with Crippen molar-refractivity contribution in [2.24, 2.45) is 0 Å². The standard InChI is InChI=1S/C48H31NO/c1-2-12-34-29-39(23-22-32(34)10-1)49(40-24-25-42-36(30-40)21-20-33-11-3-5-16-41(33)42)46-27-26-43(44-17-6-7-18-45(44)46)35-14-9-15-37(28-35)48-31-38-13-4-8-19-47(38)50-48/h1-31H. The molecule has 0 saturated carbocycles. The van der Waals surface area contributed by atoms with E-state index in [-0.39, 0.29) is 0 Å². The fourth-order valence-corrected chi connectivity index (χ4v) is 7.58. The van der Waals surface area contributed by atoms with E-state index in [9.17, 15) is 0 Å². The lowest BCUT2D eigenvalue weighted by atomic mass is 9.94. The Morgan fingerprint density at radius 3 is 1.82 bits per heavy atom. The summed E-state index contributed by atoms with van der Waals surface area (Å²) in [6.07, 6.45) is 0. The van der Waals surface area contributed by atoms with Crippen molar-refractivity contribution >= 4 is 71.1 Å². The predicted octanol–water partition coefficient (Wildman–Crippen LogP) is 13.8. The molecular weight excluding hydrogens is 607 g/mol. The van der Waals surface area contributed by atoms with E-state index >= 15 is 0 Å². The number of anilines is 3. The Bertz CT molecular complexity index is 2860. The molecule has 234 valence electrons. The lowest BCUT2D eigenvalue weighted by molar-refractivity contribution is 0.631. The minimum atomic E-state index is 0.875. The number of nitrogens with zero attached hydrogens (tertiary/aromatic N) is 1. The van der Waals surface area contributed by atoms with Crippen LogP contribution in [0.25, 0.3) is 76.5 Å². The van der Waals surface area contributed by atoms with Crippen LogP contribution in [0.5, 0.6) is 0 Å². The summed E-state index contributed by atoms with van der Waals surface area (Å²) >= 11 is 0. The first kappa shape index (κ1) is 28.4. The lowest BCUT2D eigenvalue weighted by Crippen LogP contribution is -2.10. The van der Waals surface area contributed by atoms with Gasteiger partial charge in [-0.05, 0) is 97.4 Å². The summed E-state index contributed by atoms with van der Waals surface area (Å²) in [5.74, 6) is 0.875. The quantitative estimate of drug-likeness (QED) is 0.175. The molecular formula is C48H31NO. The SMILES string of the molecule is c1cc(-c2cc3ccccc3o2)cc(-c2ccc(N(c3ccc4ccccc4c3)c3ccc4c(ccc5ccccc54)c3)c3ccccc23)c1. The number of rotatable bonds is 5. The molecule has 10 aromatic rings. The van der Waals surface area contributed by atoms with Crippen molar-refractivity contribution in [2.75, 3.05) is 4.90 Å². The molecule has 0 aliphatic rings. The second-order valence-electron chi connectivity index (χ2n) is 13.0. The van der Waals surface area contributed by atoms with Gasteiger partial charge in [-0.1, -0.05) is 140 Å². The molecule has 0 aliphatic carbocycles. The van der Waals surface area contributed by atoms with Gasteiger partial charge < -0.3 is 9.32 Å². The Morgan fingerprint density at radius 2 is 0.960 bits per heavy atom. The third kappa shape index (κ3) is 4.73. The van der Waals surface area contributed by atoms with Gasteiger partial charge in [-0.15, -0.1) is 0 Å². The van der Waals surface area contributed by atoms with Crippen LogP contribution >= 0.6 is 0 Å². The fraction of sp³-hybridized carbons (Fsp3) is 0. The maximum absolute atomic E-state index is 6.26. The van der Waals surface area contributed by atoms with Crippen molar-refractivity contribution < 1.29 is 4.42 Å². The van der Waals surface area contributed by atoms with E-state index in [0.29, 0.717) is 0 Å². The first-order chi connectivity index (χ1) is 24.8. The van der Waals surface area contributed by atoms with Gasteiger partial charge in [0.15, 0.2) is 0 Å². The molecule has 1 heterocycles. The van der Waals surface area contributed by atoms with Gasteiger partial charge in [-0.3, -0.25) is 0 Å². The highest BCUT2D eigenvalue weighted by molar-refractivity contribution is 6.10. The molecule has 0 unspecified atom stereocenters. The molecule has 0 radical (unpaired) electrons. The van der Waals surface area contributed by atoms with Crippen LogP contribution < -0.4 is 4.90 Å². The van der Waals surface area contributed by atoms with E-state index in [1.54, 1.807) is 0 Å². The number of furan rings is 1. The molecule has 2 heteroatoms. The predicted molar refractivity (Wildman–Crippen MR) is 212 cm³/mol. The van der Waals surface area contributed by atoms with E-state index in [0.717, 1.165) is 44.9 Å². The van der Waals surface area contributed by atoms with Crippen LogP contribution in [0, 0.1) is 0 Å². The highest BCUT2D eigenvalue weighted by Gasteiger charge is 2.19. The number of fused-ring (bicyclic) bond motifs is 6. The van der Waals surface area contributed by atoms with Crippen LogP contribution in [0.3, 0.4) is 0 Å². The minimum absolute atomic E-state index is 0.875. The zero-order chi connectivity index (χ0) is 33.0. The third-order valence-electron chi connectivity index (χ3n) is 10.0. The van der Waals surface area contributed by atoms with Gasteiger partial charge in [0.2, 0.25) is 0 Å². The van der Waals surface area contributed by atoms with Gasteiger partial charge in [-0.2, -0.15) is 0 Å². The van der Waals surface area contributed by atoms with Crippen molar-refractivity contribution in [1.29, 1.82) is 0 Å². The molecule has 0 atom stereocenters. The largest absolute Gasteiger partial charge is 0.456 e. The second-order valence-corrected chi connectivity index (χ2v) is 13.0. The van der Waals surface area contributed by atoms with Crippen LogP contribution in [0.1, 0.15) is 0 Å². The lowest BCUT2D eigenvalue weighted by Gasteiger charge is -2.28. The first-order valence-corrected chi connectivity index (χ1v) is 17.1.